The zero-order valence-electron chi connectivity index (χ0n) is 15.6. The Hall–Kier alpha value is -3.37. The molecule has 1 fully saturated rings. The molecule has 6 nitrogen and oxygen atoms in total. The van der Waals surface area contributed by atoms with Crippen molar-refractivity contribution in [3.63, 3.8) is 0 Å². The van der Waals surface area contributed by atoms with Gasteiger partial charge in [-0.1, -0.05) is 12.1 Å². The molecule has 0 spiro atoms. The molecule has 1 aliphatic rings. The van der Waals surface area contributed by atoms with Crippen molar-refractivity contribution in [1.82, 2.24) is 19.9 Å². The molecule has 29 heavy (non-hydrogen) atoms. The molecule has 1 saturated heterocycles. The number of nitrogens with zero attached hydrogens (tertiary/aromatic N) is 4. The minimum atomic E-state index is 0.0959. The van der Waals surface area contributed by atoms with Gasteiger partial charge in [0.25, 0.3) is 5.91 Å². The van der Waals surface area contributed by atoms with Crippen molar-refractivity contribution in [3.05, 3.63) is 60.0 Å². The summed E-state index contributed by atoms with van der Waals surface area (Å²) in [5, 5.41) is 11.0. The molecule has 0 radical (unpaired) electrons. The van der Waals surface area contributed by atoms with E-state index in [1.54, 1.807) is 12.3 Å². The van der Waals surface area contributed by atoms with Crippen LogP contribution in [0.2, 0.25) is 0 Å². The SMILES string of the molecule is N#Cc1cc2c(cn1)[nH]c1ncc(-c3ccc(C(=O)N4CCSCC4)cc3)cc12. The molecule has 3 aromatic heterocycles. The van der Waals surface area contributed by atoms with E-state index in [2.05, 4.69) is 27.1 Å². The lowest BCUT2D eigenvalue weighted by atomic mass is 10.0. The first-order valence-electron chi connectivity index (χ1n) is 9.38. The fourth-order valence-electron chi connectivity index (χ4n) is 3.65. The summed E-state index contributed by atoms with van der Waals surface area (Å²) >= 11 is 1.89. The largest absolute Gasteiger partial charge is 0.338 e. The smallest absolute Gasteiger partial charge is 0.253 e. The number of nitriles is 1. The second-order valence-electron chi connectivity index (χ2n) is 6.95. The van der Waals surface area contributed by atoms with Crippen LogP contribution >= 0.6 is 11.8 Å². The van der Waals surface area contributed by atoms with E-state index < -0.39 is 0 Å². The van der Waals surface area contributed by atoms with Crippen LogP contribution in [0.15, 0.2) is 48.8 Å². The van der Waals surface area contributed by atoms with E-state index in [1.807, 2.05) is 47.1 Å². The minimum Gasteiger partial charge on any atom is -0.338 e. The molecule has 0 aliphatic carbocycles. The second-order valence-corrected chi connectivity index (χ2v) is 8.18. The van der Waals surface area contributed by atoms with Gasteiger partial charge >= 0.3 is 0 Å². The molecule has 142 valence electrons. The molecule has 0 saturated carbocycles. The van der Waals surface area contributed by atoms with Gasteiger partial charge in [0.1, 0.15) is 17.4 Å². The number of hydrogen-bond acceptors (Lipinski definition) is 5. The predicted molar refractivity (Wildman–Crippen MR) is 115 cm³/mol. The van der Waals surface area contributed by atoms with Crippen LogP contribution in [-0.4, -0.2) is 50.4 Å². The van der Waals surface area contributed by atoms with Gasteiger partial charge < -0.3 is 9.88 Å². The highest BCUT2D eigenvalue weighted by Crippen LogP contribution is 2.29. The van der Waals surface area contributed by atoms with E-state index in [0.717, 1.165) is 57.7 Å². The van der Waals surface area contributed by atoms with Gasteiger partial charge in [0, 0.05) is 52.7 Å². The Bertz CT molecular complexity index is 1270. The fourth-order valence-corrected chi connectivity index (χ4v) is 4.55. The molecule has 0 unspecified atom stereocenters. The number of hydrogen-bond donors (Lipinski definition) is 1. The number of H-pyrrole nitrogens is 1. The quantitative estimate of drug-likeness (QED) is 0.553. The maximum atomic E-state index is 12.7. The van der Waals surface area contributed by atoms with E-state index in [4.69, 9.17) is 5.26 Å². The Balaban J connectivity index is 1.49. The van der Waals surface area contributed by atoms with Crippen molar-refractivity contribution in [2.45, 2.75) is 0 Å². The van der Waals surface area contributed by atoms with Crippen LogP contribution in [0.4, 0.5) is 0 Å². The molecular weight excluding hydrogens is 382 g/mol. The summed E-state index contributed by atoms with van der Waals surface area (Å²) in [4.78, 5) is 26.5. The van der Waals surface area contributed by atoms with Crippen LogP contribution in [0.1, 0.15) is 16.1 Å². The Morgan fingerprint density at radius 1 is 1.03 bits per heavy atom. The summed E-state index contributed by atoms with van der Waals surface area (Å²) in [6, 6.07) is 13.6. The average molecular weight is 399 g/mol. The number of benzene rings is 1. The molecular formula is C22H17N5OS. The van der Waals surface area contributed by atoms with Crippen molar-refractivity contribution in [2.75, 3.05) is 24.6 Å². The monoisotopic (exact) mass is 399 g/mol. The number of rotatable bonds is 2. The number of aromatic amines is 1. The highest BCUT2D eigenvalue weighted by Gasteiger charge is 2.18. The molecule has 0 atom stereocenters. The maximum Gasteiger partial charge on any atom is 0.253 e. The third-order valence-corrected chi connectivity index (χ3v) is 6.16. The van der Waals surface area contributed by atoms with E-state index in [9.17, 15) is 4.79 Å². The number of carbonyl (C=O) groups excluding carboxylic acids is 1. The zero-order valence-corrected chi connectivity index (χ0v) is 16.4. The van der Waals surface area contributed by atoms with Crippen molar-refractivity contribution < 1.29 is 4.79 Å². The fraction of sp³-hybridized carbons (Fsp3) is 0.182. The van der Waals surface area contributed by atoms with Gasteiger partial charge in [-0.05, 0) is 29.8 Å². The number of fused-ring (bicyclic) bond motifs is 3. The summed E-state index contributed by atoms with van der Waals surface area (Å²) in [6.45, 7) is 1.62. The number of pyridine rings is 2. The van der Waals surface area contributed by atoms with Crippen molar-refractivity contribution in [2.24, 2.45) is 0 Å². The summed E-state index contributed by atoms with van der Waals surface area (Å²) in [7, 11) is 0. The molecule has 7 heteroatoms. The van der Waals surface area contributed by atoms with Crippen molar-refractivity contribution in [1.29, 1.82) is 5.26 Å². The Morgan fingerprint density at radius 3 is 2.59 bits per heavy atom. The molecule has 5 rings (SSSR count). The molecule has 4 aromatic rings. The Labute approximate surface area is 171 Å². The van der Waals surface area contributed by atoms with Gasteiger partial charge in [0.15, 0.2) is 0 Å². The highest BCUT2D eigenvalue weighted by atomic mass is 32.2. The van der Waals surface area contributed by atoms with Crippen molar-refractivity contribution in [3.8, 4) is 17.2 Å². The number of carbonyl (C=O) groups is 1. The first-order valence-corrected chi connectivity index (χ1v) is 10.5. The summed E-state index contributed by atoms with van der Waals surface area (Å²) in [6.07, 6.45) is 3.48. The molecule has 1 aromatic carbocycles. The highest BCUT2D eigenvalue weighted by molar-refractivity contribution is 7.99. The topological polar surface area (TPSA) is 85.7 Å². The molecule has 1 amide bonds. The van der Waals surface area contributed by atoms with Gasteiger partial charge in [-0.2, -0.15) is 17.0 Å². The number of aromatic nitrogens is 3. The van der Waals surface area contributed by atoms with Crippen molar-refractivity contribution >= 4 is 39.6 Å². The third kappa shape index (κ3) is 3.22. The van der Waals surface area contributed by atoms with E-state index >= 15 is 0 Å². The van der Waals surface area contributed by atoms with Gasteiger partial charge in [-0.3, -0.25) is 4.79 Å². The van der Waals surface area contributed by atoms with Crippen LogP contribution in [0.3, 0.4) is 0 Å². The summed E-state index contributed by atoms with van der Waals surface area (Å²) in [5.41, 5.74) is 4.66. The zero-order chi connectivity index (χ0) is 19.8. The summed E-state index contributed by atoms with van der Waals surface area (Å²) < 4.78 is 0. The number of thioether (sulfide) groups is 1. The van der Waals surface area contributed by atoms with Crippen LogP contribution in [-0.2, 0) is 0 Å². The lowest BCUT2D eigenvalue weighted by molar-refractivity contribution is 0.0772. The third-order valence-electron chi connectivity index (χ3n) is 5.21. The molecule has 1 N–H and O–H groups in total. The van der Waals surface area contributed by atoms with E-state index in [0.29, 0.717) is 11.3 Å². The number of nitrogens with one attached hydrogen (secondary N) is 1. The van der Waals surface area contributed by atoms with Gasteiger partial charge in [0.05, 0.1) is 11.7 Å². The predicted octanol–water partition coefficient (Wildman–Crippen LogP) is 3.84. The summed E-state index contributed by atoms with van der Waals surface area (Å²) in [5.74, 6) is 2.10. The van der Waals surface area contributed by atoms with Crippen LogP contribution in [0, 0.1) is 11.3 Å². The second kappa shape index (κ2) is 7.22. The lowest BCUT2D eigenvalue weighted by Gasteiger charge is -2.26. The average Bonchev–Trinajstić information content (AvgIpc) is 3.16. The van der Waals surface area contributed by atoms with Crippen LogP contribution in [0.25, 0.3) is 33.1 Å². The standard InChI is InChI=1S/C22H17N5OS/c23-11-17-10-18-19-9-16(12-25-21(19)26-20(18)13-24-17)14-1-3-15(4-2-14)22(28)27-5-7-29-8-6-27/h1-4,9-10,12-13H,5-8H2,(H,25,26). The Kier molecular flexibility index (Phi) is 4.41. The number of amides is 1. The van der Waals surface area contributed by atoms with Gasteiger partial charge in [0.2, 0.25) is 0 Å². The van der Waals surface area contributed by atoms with E-state index in [1.165, 1.54) is 0 Å². The lowest BCUT2D eigenvalue weighted by Crippen LogP contribution is -2.37. The molecule has 1 aliphatic heterocycles. The first kappa shape index (κ1) is 17.7. The maximum absolute atomic E-state index is 12.7. The molecule has 0 bridgehead atoms. The van der Waals surface area contributed by atoms with Crippen LogP contribution < -0.4 is 0 Å². The first-order chi connectivity index (χ1) is 14.2. The van der Waals surface area contributed by atoms with Gasteiger partial charge in [-0.25, -0.2) is 9.97 Å². The molecule has 4 heterocycles. The Morgan fingerprint density at radius 2 is 1.83 bits per heavy atom. The minimum absolute atomic E-state index is 0.0959. The van der Waals surface area contributed by atoms with E-state index in [-0.39, 0.29) is 5.91 Å². The van der Waals surface area contributed by atoms with Crippen LogP contribution in [0.5, 0.6) is 0 Å². The van der Waals surface area contributed by atoms with Gasteiger partial charge in [-0.15, -0.1) is 0 Å². The normalized spacial score (nSPS) is 14.2.